The van der Waals surface area contributed by atoms with Crippen molar-refractivity contribution in [2.75, 3.05) is 26.8 Å². The Morgan fingerprint density at radius 3 is 2.57 bits per heavy atom. The van der Waals surface area contributed by atoms with E-state index in [1.165, 1.54) is 34.9 Å². The molecule has 1 atom stereocenters. The van der Waals surface area contributed by atoms with Crippen LogP contribution in [-0.2, 0) is 37.3 Å². The maximum Gasteiger partial charge on any atom is 0.326 e. The zero-order chi connectivity index (χ0) is 26.6. The number of esters is 1. The molecule has 0 spiro atoms. The SMILES string of the molecule is CCOC(=O)Cn1c(=NC(=O)C2CCCN(S(=O)(=O)c3ccc(OC)cc3)C2)sc2cc(CC)ccc21. The van der Waals surface area contributed by atoms with Crippen LogP contribution in [0.4, 0.5) is 0 Å². The number of amides is 1. The first-order valence-corrected chi connectivity index (χ1v) is 14.5. The Morgan fingerprint density at radius 2 is 1.89 bits per heavy atom. The van der Waals surface area contributed by atoms with E-state index in [1.54, 1.807) is 23.6 Å². The zero-order valence-electron chi connectivity index (χ0n) is 21.2. The minimum absolute atomic E-state index is 0.0550. The molecule has 1 unspecified atom stereocenters. The van der Waals surface area contributed by atoms with E-state index in [0.29, 0.717) is 29.9 Å². The van der Waals surface area contributed by atoms with Crippen molar-refractivity contribution in [2.45, 2.75) is 44.6 Å². The first-order valence-electron chi connectivity index (χ1n) is 12.3. The summed E-state index contributed by atoms with van der Waals surface area (Å²) in [6.07, 6.45) is 1.95. The molecule has 0 radical (unpaired) electrons. The molecule has 3 aromatic rings. The van der Waals surface area contributed by atoms with Gasteiger partial charge >= 0.3 is 5.97 Å². The highest BCUT2D eigenvalue weighted by Gasteiger charge is 2.33. The highest BCUT2D eigenvalue weighted by molar-refractivity contribution is 7.89. The van der Waals surface area contributed by atoms with Crippen LogP contribution < -0.4 is 9.54 Å². The van der Waals surface area contributed by atoms with Crippen LogP contribution in [0.25, 0.3) is 10.2 Å². The number of hydrogen-bond acceptors (Lipinski definition) is 7. The smallest absolute Gasteiger partial charge is 0.326 e. The summed E-state index contributed by atoms with van der Waals surface area (Å²) in [5.74, 6) is -0.816. The van der Waals surface area contributed by atoms with E-state index < -0.39 is 27.8 Å². The third kappa shape index (κ3) is 5.94. The molecule has 4 rings (SSSR count). The molecule has 11 heteroatoms. The number of ether oxygens (including phenoxy) is 2. The summed E-state index contributed by atoms with van der Waals surface area (Å²) >= 11 is 1.34. The van der Waals surface area contributed by atoms with Crippen LogP contribution in [0.15, 0.2) is 52.4 Å². The Kier molecular flexibility index (Phi) is 8.46. The van der Waals surface area contributed by atoms with Crippen molar-refractivity contribution in [2.24, 2.45) is 10.9 Å². The van der Waals surface area contributed by atoms with Gasteiger partial charge in [-0.15, -0.1) is 0 Å². The molecule has 1 saturated heterocycles. The number of piperidine rings is 1. The third-order valence-electron chi connectivity index (χ3n) is 6.38. The van der Waals surface area contributed by atoms with Crippen molar-refractivity contribution >= 4 is 43.5 Å². The molecule has 1 amide bonds. The maximum absolute atomic E-state index is 13.3. The van der Waals surface area contributed by atoms with Crippen molar-refractivity contribution in [1.29, 1.82) is 0 Å². The number of methoxy groups -OCH3 is 1. The number of rotatable bonds is 8. The minimum Gasteiger partial charge on any atom is -0.497 e. The monoisotopic (exact) mass is 545 g/mol. The van der Waals surface area contributed by atoms with Crippen molar-refractivity contribution in [3.63, 3.8) is 0 Å². The van der Waals surface area contributed by atoms with Gasteiger partial charge in [-0.1, -0.05) is 24.3 Å². The number of aryl methyl sites for hydroxylation is 1. The van der Waals surface area contributed by atoms with Crippen molar-refractivity contribution in [1.82, 2.24) is 8.87 Å². The Morgan fingerprint density at radius 1 is 1.14 bits per heavy atom. The quantitative estimate of drug-likeness (QED) is 0.402. The first-order chi connectivity index (χ1) is 17.8. The molecule has 0 saturated carbocycles. The van der Waals surface area contributed by atoms with Gasteiger partial charge in [0.25, 0.3) is 5.91 Å². The van der Waals surface area contributed by atoms with Gasteiger partial charge in [-0.2, -0.15) is 9.30 Å². The van der Waals surface area contributed by atoms with Crippen molar-refractivity contribution < 1.29 is 27.5 Å². The molecule has 1 aliphatic heterocycles. The molecule has 37 heavy (non-hydrogen) atoms. The average Bonchev–Trinajstić information content (AvgIpc) is 3.24. The number of hydrogen-bond donors (Lipinski definition) is 0. The van der Waals surface area contributed by atoms with Gasteiger partial charge in [0.2, 0.25) is 10.0 Å². The van der Waals surface area contributed by atoms with Crippen molar-refractivity contribution in [3.8, 4) is 5.75 Å². The van der Waals surface area contributed by atoms with Crippen LogP contribution in [0.5, 0.6) is 5.75 Å². The number of benzene rings is 2. The molecule has 198 valence electrons. The van der Waals surface area contributed by atoms with Crippen LogP contribution >= 0.6 is 11.3 Å². The molecule has 1 aliphatic rings. The average molecular weight is 546 g/mol. The molecule has 2 aromatic carbocycles. The zero-order valence-corrected chi connectivity index (χ0v) is 22.8. The molecule has 1 aromatic heterocycles. The van der Waals surface area contributed by atoms with Gasteiger partial charge in [0, 0.05) is 13.1 Å². The number of sulfonamides is 1. The van der Waals surface area contributed by atoms with Gasteiger partial charge in [-0.25, -0.2) is 8.42 Å². The highest BCUT2D eigenvalue weighted by atomic mass is 32.2. The molecular formula is C26H31N3O6S2. The molecule has 0 N–H and O–H groups in total. The molecule has 0 bridgehead atoms. The molecule has 9 nitrogen and oxygen atoms in total. The van der Waals surface area contributed by atoms with E-state index in [4.69, 9.17) is 9.47 Å². The summed E-state index contributed by atoms with van der Waals surface area (Å²) in [7, 11) is -2.25. The fourth-order valence-electron chi connectivity index (χ4n) is 4.36. The third-order valence-corrected chi connectivity index (χ3v) is 9.30. The van der Waals surface area contributed by atoms with Crippen LogP contribution in [0.3, 0.4) is 0 Å². The van der Waals surface area contributed by atoms with Gasteiger partial charge in [-0.05, 0) is 68.1 Å². The summed E-state index contributed by atoms with van der Waals surface area (Å²) in [4.78, 5) is 30.5. The largest absolute Gasteiger partial charge is 0.497 e. The molecule has 2 heterocycles. The number of carbonyl (C=O) groups excluding carboxylic acids is 2. The van der Waals surface area contributed by atoms with Gasteiger partial charge in [0.05, 0.1) is 34.7 Å². The molecule has 1 fully saturated rings. The van der Waals surface area contributed by atoms with Crippen LogP contribution in [-0.4, -0.2) is 56.0 Å². The predicted octanol–water partition coefficient (Wildman–Crippen LogP) is 3.37. The topological polar surface area (TPSA) is 107 Å². The number of carbonyl (C=O) groups is 2. The summed E-state index contributed by atoms with van der Waals surface area (Å²) in [5, 5.41) is 0. The maximum atomic E-state index is 13.3. The standard InChI is InChI=1S/C26H31N3O6S2/c1-4-18-8-13-22-23(15-18)36-26(29(22)17-24(30)35-5-2)27-25(31)19-7-6-14-28(16-19)37(32,33)21-11-9-20(34-3)10-12-21/h8-13,15,19H,4-7,14,16-17H2,1-3H3. The fourth-order valence-corrected chi connectivity index (χ4v) is 6.98. The van der Waals surface area contributed by atoms with Gasteiger partial charge in [0.15, 0.2) is 4.80 Å². The van der Waals surface area contributed by atoms with Crippen LogP contribution in [0.1, 0.15) is 32.3 Å². The normalized spacial score (nSPS) is 17.2. The number of fused-ring (bicyclic) bond motifs is 1. The van der Waals surface area contributed by atoms with Gasteiger partial charge in [-0.3, -0.25) is 9.59 Å². The lowest BCUT2D eigenvalue weighted by molar-refractivity contribution is -0.143. The summed E-state index contributed by atoms with van der Waals surface area (Å²) in [6, 6.07) is 12.2. The first kappa shape index (κ1) is 27.0. The highest BCUT2D eigenvalue weighted by Crippen LogP contribution is 2.26. The number of nitrogens with zero attached hydrogens (tertiary/aromatic N) is 3. The van der Waals surface area contributed by atoms with Crippen LogP contribution in [0, 0.1) is 5.92 Å². The second kappa shape index (κ2) is 11.6. The number of thiazole rings is 1. The second-order valence-electron chi connectivity index (χ2n) is 8.76. The van der Waals surface area contributed by atoms with Gasteiger partial charge in [0.1, 0.15) is 12.3 Å². The fraction of sp³-hybridized carbons (Fsp3) is 0.423. The Balaban J connectivity index is 1.63. The minimum atomic E-state index is -3.76. The van der Waals surface area contributed by atoms with Crippen molar-refractivity contribution in [3.05, 3.63) is 52.8 Å². The van der Waals surface area contributed by atoms with E-state index >= 15 is 0 Å². The molecular weight excluding hydrogens is 514 g/mol. The van der Waals surface area contributed by atoms with E-state index in [1.807, 2.05) is 18.2 Å². The van der Waals surface area contributed by atoms with E-state index in [9.17, 15) is 18.0 Å². The second-order valence-corrected chi connectivity index (χ2v) is 11.7. The van der Waals surface area contributed by atoms with Gasteiger partial charge < -0.3 is 14.0 Å². The van der Waals surface area contributed by atoms with Crippen LogP contribution in [0.2, 0.25) is 0 Å². The summed E-state index contributed by atoms with van der Waals surface area (Å²) in [6.45, 7) is 4.39. The lowest BCUT2D eigenvalue weighted by Gasteiger charge is -2.30. The van der Waals surface area contributed by atoms with E-state index in [-0.39, 0.29) is 24.6 Å². The van der Waals surface area contributed by atoms with E-state index in [0.717, 1.165) is 22.2 Å². The predicted molar refractivity (Wildman–Crippen MR) is 141 cm³/mol. The lowest BCUT2D eigenvalue weighted by Crippen LogP contribution is -2.42. The Hall–Kier alpha value is -3.02. The van der Waals surface area contributed by atoms with E-state index in [2.05, 4.69) is 11.9 Å². The summed E-state index contributed by atoms with van der Waals surface area (Å²) < 4.78 is 40.7. The molecule has 0 aliphatic carbocycles. The Bertz CT molecular complexity index is 1460. The Labute approximate surface area is 220 Å². The summed E-state index contributed by atoms with van der Waals surface area (Å²) in [5.41, 5.74) is 1.94. The lowest BCUT2D eigenvalue weighted by atomic mass is 9.99. The number of aromatic nitrogens is 1.